The van der Waals surface area contributed by atoms with Crippen LogP contribution in [0, 0.1) is 0 Å². The van der Waals surface area contributed by atoms with Gasteiger partial charge in [-0.15, -0.1) is 0 Å². The Morgan fingerprint density at radius 1 is 1.10 bits per heavy atom. The molecule has 21 heavy (non-hydrogen) atoms. The van der Waals surface area contributed by atoms with Gasteiger partial charge in [-0.3, -0.25) is 9.69 Å². The second-order valence-corrected chi connectivity index (χ2v) is 5.87. The van der Waals surface area contributed by atoms with Crippen LogP contribution in [0.5, 0.6) is 5.75 Å². The largest absolute Gasteiger partial charge is 0.508 e. The molecule has 0 spiro atoms. The van der Waals surface area contributed by atoms with Gasteiger partial charge in [0.25, 0.3) is 5.91 Å². The molecule has 1 saturated carbocycles. The standard InChI is InChI=1S/C16H20N2O3/c19-13-8-6-11(7-9-13)10-14-15(20)18(16(21)17-14)12-4-2-1-3-5-12/h6-9,12,14,19H,1-5,10H2,(H,17,21). The second-order valence-electron chi connectivity index (χ2n) is 5.87. The van der Waals surface area contributed by atoms with E-state index in [-0.39, 0.29) is 23.7 Å². The third-order valence-corrected chi connectivity index (χ3v) is 4.37. The summed E-state index contributed by atoms with van der Waals surface area (Å²) < 4.78 is 0. The zero-order valence-corrected chi connectivity index (χ0v) is 11.9. The average molecular weight is 288 g/mol. The van der Waals surface area contributed by atoms with Crippen molar-refractivity contribution in [1.82, 2.24) is 10.2 Å². The number of amides is 3. The molecule has 112 valence electrons. The van der Waals surface area contributed by atoms with Gasteiger partial charge >= 0.3 is 6.03 Å². The molecular weight excluding hydrogens is 268 g/mol. The average Bonchev–Trinajstić information content (AvgIpc) is 2.77. The summed E-state index contributed by atoms with van der Waals surface area (Å²) in [5.74, 6) is 0.0874. The quantitative estimate of drug-likeness (QED) is 0.838. The van der Waals surface area contributed by atoms with E-state index in [0.717, 1.165) is 31.2 Å². The van der Waals surface area contributed by atoms with E-state index in [2.05, 4.69) is 5.32 Å². The fourth-order valence-corrected chi connectivity index (χ4v) is 3.24. The van der Waals surface area contributed by atoms with Crippen molar-refractivity contribution in [3.8, 4) is 5.75 Å². The number of carbonyl (C=O) groups is 2. The first-order valence-corrected chi connectivity index (χ1v) is 7.56. The van der Waals surface area contributed by atoms with Crippen molar-refractivity contribution >= 4 is 11.9 Å². The predicted molar refractivity (Wildman–Crippen MR) is 77.8 cm³/mol. The molecule has 1 aromatic carbocycles. The fourth-order valence-electron chi connectivity index (χ4n) is 3.24. The Hall–Kier alpha value is -2.04. The Morgan fingerprint density at radius 2 is 1.76 bits per heavy atom. The number of phenols is 1. The van der Waals surface area contributed by atoms with Crippen molar-refractivity contribution in [2.45, 2.75) is 50.6 Å². The van der Waals surface area contributed by atoms with Gasteiger partial charge in [0.2, 0.25) is 0 Å². The van der Waals surface area contributed by atoms with Gasteiger partial charge in [0.05, 0.1) is 0 Å². The summed E-state index contributed by atoms with van der Waals surface area (Å²) in [6.07, 6.45) is 5.68. The van der Waals surface area contributed by atoms with E-state index in [0.29, 0.717) is 6.42 Å². The molecule has 3 amide bonds. The minimum atomic E-state index is -0.482. The van der Waals surface area contributed by atoms with Gasteiger partial charge in [-0.25, -0.2) is 4.79 Å². The number of aromatic hydroxyl groups is 1. The molecule has 1 unspecified atom stereocenters. The molecule has 0 bridgehead atoms. The highest BCUT2D eigenvalue weighted by Crippen LogP contribution is 2.26. The summed E-state index contributed by atoms with van der Waals surface area (Å²) in [7, 11) is 0. The maximum absolute atomic E-state index is 12.5. The van der Waals surface area contributed by atoms with Crippen LogP contribution in [0.25, 0.3) is 0 Å². The van der Waals surface area contributed by atoms with Crippen LogP contribution < -0.4 is 5.32 Å². The van der Waals surface area contributed by atoms with Gasteiger partial charge < -0.3 is 10.4 Å². The minimum Gasteiger partial charge on any atom is -0.508 e. The third-order valence-electron chi connectivity index (χ3n) is 4.37. The Kier molecular flexibility index (Phi) is 3.82. The number of urea groups is 1. The highest BCUT2D eigenvalue weighted by atomic mass is 16.3. The molecule has 2 aliphatic rings. The topological polar surface area (TPSA) is 69.6 Å². The van der Waals surface area contributed by atoms with Crippen molar-refractivity contribution < 1.29 is 14.7 Å². The molecule has 1 heterocycles. The molecule has 5 heteroatoms. The number of nitrogens with one attached hydrogen (secondary N) is 1. The molecule has 1 saturated heterocycles. The third kappa shape index (κ3) is 2.86. The lowest BCUT2D eigenvalue weighted by Crippen LogP contribution is -2.42. The lowest BCUT2D eigenvalue weighted by atomic mass is 9.94. The lowest BCUT2D eigenvalue weighted by Gasteiger charge is -2.28. The van der Waals surface area contributed by atoms with Crippen molar-refractivity contribution in [3.05, 3.63) is 29.8 Å². The van der Waals surface area contributed by atoms with E-state index in [1.165, 1.54) is 11.3 Å². The van der Waals surface area contributed by atoms with Crippen molar-refractivity contribution in [2.24, 2.45) is 0 Å². The second kappa shape index (κ2) is 5.76. The van der Waals surface area contributed by atoms with Crippen LogP contribution in [0.2, 0.25) is 0 Å². The summed E-state index contributed by atoms with van der Waals surface area (Å²) in [5, 5.41) is 12.1. The minimum absolute atomic E-state index is 0.0658. The van der Waals surface area contributed by atoms with Gasteiger partial charge in [0.15, 0.2) is 0 Å². The molecule has 1 aromatic rings. The molecule has 3 rings (SSSR count). The first-order chi connectivity index (χ1) is 10.1. The Bertz CT molecular complexity index is 535. The molecule has 1 aliphatic heterocycles. The number of hydrogen-bond donors (Lipinski definition) is 2. The molecule has 0 aromatic heterocycles. The van der Waals surface area contributed by atoms with E-state index in [1.807, 2.05) is 0 Å². The summed E-state index contributed by atoms with van der Waals surface area (Å²) in [5.41, 5.74) is 0.928. The number of phenolic OH excluding ortho intramolecular Hbond substituents is 1. The number of rotatable bonds is 3. The normalized spacial score (nSPS) is 23.4. The van der Waals surface area contributed by atoms with Crippen LogP contribution in [0.4, 0.5) is 4.79 Å². The number of hydrogen-bond acceptors (Lipinski definition) is 3. The van der Waals surface area contributed by atoms with Gasteiger partial charge in [-0.1, -0.05) is 31.4 Å². The van der Waals surface area contributed by atoms with E-state index >= 15 is 0 Å². The van der Waals surface area contributed by atoms with E-state index < -0.39 is 6.04 Å². The maximum atomic E-state index is 12.5. The van der Waals surface area contributed by atoms with Crippen LogP contribution in [0.15, 0.2) is 24.3 Å². The number of imide groups is 1. The summed E-state index contributed by atoms with van der Waals surface area (Å²) in [4.78, 5) is 26.0. The molecule has 2 fully saturated rings. The molecular formula is C16H20N2O3. The number of carbonyl (C=O) groups excluding carboxylic acids is 2. The monoisotopic (exact) mass is 288 g/mol. The van der Waals surface area contributed by atoms with Gasteiger partial charge in [0, 0.05) is 12.5 Å². The first kappa shape index (κ1) is 13.9. The number of benzene rings is 1. The van der Waals surface area contributed by atoms with Gasteiger partial charge in [-0.2, -0.15) is 0 Å². The van der Waals surface area contributed by atoms with Crippen LogP contribution in [0.3, 0.4) is 0 Å². The first-order valence-electron chi connectivity index (χ1n) is 7.56. The van der Waals surface area contributed by atoms with E-state index in [4.69, 9.17) is 0 Å². The predicted octanol–water partition coefficient (Wildman–Crippen LogP) is 2.19. The maximum Gasteiger partial charge on any atom is 0.325 e. The summed E-state index contributed by atoms with van der Waals surface area (Å²) in [6, 6.07) is 6.07. The highest BCUT2D eigenvalue weighted by Gasteiger charge is 2.41. The van der Waals surface area contributed by atoms with Gasteiger partial charge in [-0.05, 0) is 30.5 Å². The van der Waals surface area contributed by atoms with E-state index in [1.54, 1.807) is 24.3 Å². The highest BCUT2D eigenvalue weighted by molar-refractivity contribution is 6.04. The molecule has 0 radical (unpaired) electrons. The van der Waals surface area contributed by atoms with Crippen LogP contribution in [-0.4, -0.2) is 34.0 Å². The van der Waals surface area contributed by atoms with Crippen LogP contribution >= 0.6 is 0 Å². The lowest BCUT2D eigenvalue weighted by molar-refractivity contribution is -0.129. The van der Waals surface area contributed by atoms with Crippen molar-refractivity contribution in [1.29, 1.82) is 0 Å². The number of nitrogens with zero attached hydrogens (tertiary/aromatic N) is 1. The summed E-state index contributed by atoms with van der Waals surface area (Å²) in [6.45, 7) is 0. The van der Waals surface area contributed by atoms with E-state index in [9.17, 15) is 14.7 Å². The zero-order valence-electron chi connectivity index (χ0n) is 11.9. The van der Waals surface area contributed by atoms with Crippen LogP contribution in [-0.2, 0) is 11.2 Å². The Balaban J connectivity index is 1.69. The van der Waals surface area contributed by atoms with Crippen molar-refractivity contribution in [2.75, 3.05) is 0 Å². The van der Waals surface area contributed by atoms with Crippen LogP contribution in [0.1, 0.15) is 37.7 Å². The smallest absolute Gasteiger partial charge is 0.325 e. The van der Waals surface area contributed by atoms with Gasteiger partial charge in [0.1, 0.15) is 11.8 Å². The van der Waals surface area contributed by atoms with Crippen molar-refractivity contribution in [3.63, 3.8) is 0 Å². The summed E-state index contributed by atoms with van der Waals surface area (Å²) >= 11 is 0. The molecule has 2 N–H and O–H groups in total. The molecule has 1 atom stereocenters. The zero-order chi connectivity index (χ0) is 14.8. The molecule has 5 nitrogen and oxygen atoms in total. The SMILES string of the molecule is O=C1NC(Cc2ccc(O)cc2)C(=O)N1C1CCCCC1. The molecule has 1 aliphatic carbocycles. The fraction of sp³-hybridized carbons (Fsp3) is 0.500. The Morgan fingerprint density at radius 3 is 2.43 bits per heavy atom. The Labute approximate surface area is 123 Å².